The van der Waals surface area contributed by atoms with E-state index >= 15 is 0 Å². The van der Waals surface area contributed by atoms with E-state index in [0.29, 0.717) is 36.8 Å². The second-order valence-corrected chi connectivity index (χ2v) is 10.6. The Hall–Kier alpha value is -2.11. The number of fused-ring (bicyclic) bond motifs is 7. The van der Waals surface area contributed by atoms with Crippen molar-refractivity contribution in [1.82, 2.24) is 14.4 Å². The zero-order valence-corrected chi connectivity index (χ0v) is 19.9. The molecule has 4 aliphatic rings. The van der Waals surface area contributed by atoms with Crippen molar-refractivity contribution in [3.05, 3.63) is 47.7 Å². The number of hydrogen-bond acceptors (Lipinski definition) is 3. The number of likely N-dealkylation sites (tertiary alicyclic amines) is 1. The predicted molar refractivity (Wildman–Crippen MR) is 131 cm³/mol. The zero-order chi connectivity index (χ0) is 22.4. The summed E-state index contributed by atoms with van der Waals surface area (Å²) < 4.78 is 7.55. The molecule has 6 rings (SSSR count). The first-order valence-electron chi connectivity index (χ1n) is 13.0. The first kappa shape index (κ1) is 21.4. The third-order valence-corrected chi connectivity index (χ3v) is 8.73. The largest absolute Gasteiger partial charge is 0.383 e. The minimum atomic E-state index is 0.305. The number of rotatable bonds is 5. The molecule has 0 unspecified atom stereocenters. The maximum absolute atomic E-state index is 13.8. The monoisotopic (exact) mass is 447 g/mol. The van der Waals surface area contributed by atoms with Gasteiger partial charge in [-0.3, -0.25) is 9.69 Å². The number of amides is 1. The number of hydrogen-bond donors (Lipinski definition) is 0. The van der Waals surface area contributed by atoms with E-state index in [9.17, 15) is 4.79 Å². The third-order valence-electron chi connectivity index (χ3n) is 8.73. The van der Waals surface area contributed by atoms with E-state index < -0.39 is 0 Å². The fourth-order valence-electron chi connectivity index (χ4n) is 7.36. The number of nitrogens with zero attached hydrogens (tertiary/aromatic N) is 3. The van der Waals surface area contributed by atoms with Crippen molar-refractivity contribution in [2.45, 2.75) is 63.6 Å². The second kappa shape index (κ2) is 8.92. The molecule has 4 atom stereocenters. The van der Waals surface area contributed by atoms with Crippen molar-refractivity contribution >= 4 is 16.8 Å². The van der Waals surface area contributed by atoms with Crippen LogP contribution in [0.1, 0.15) is 44.1 Å². The van der Waals surface area contributed by atoms with Gasteiger partial charge in [0.1, 0.15) is 0 Å². The summed E-state index contributed by atoms with van der Waals surface area (Å²) in [7, 11) is 1.74. The SMILES string of the molecule is COCCn1cc(CC(=O)N2CCCC3=C[C@H]4C[C@H](CN5CCCC[C@@H]45)[C@@H]32)c2ccccc21. The second-order valence-electron chi connectivity index (χ2n) is 10.6. The van der Waals surface area contributed by atoms with Crippen LogP contribution in [0.15, 0.2) is 42.1 Å². The highest BCUT2D eigenvalue weighted by molar-refractivity contribution is 5.89. The Morgan fingerprint density at radius 3 is 2.97 bits per heavy atom. The van der Waals surface area contributed by atoms with Gasteiger partial charge in [0.2, 0.25) is 5.91 Å². The molecule has 0 radical (unpaired) electrons. The van der Waals surface area contributed by atoms with E-state index in [0.717, 1.165) is 31.1 Å². The molecule has 1 aromatic heterocycles. The molecular formula is C28H37N3O2. The molecule has 3 saturated heterocycles. The molecule has 1 aromatic carbocycles. The van der Waals surface area contributed by atoms with Crippen LogP contribution in [0.5, 0.6) is 0 Å². The van der Waals surface area contributed by atoms with Crippen molar-refractivity contribution < 1.29 is 9.53 Å². The van der Waals surface area contributed by atoms with E-state index in [-0.39, 0.29) is 0 Å². The molecule has 4 heterocycles. The van der Waals surface area contributed by atoms with Crippen LogP contribution in [0.25, 0.3) is 10.9 Å². The third kappa shape index (κ3) is 3.83. The van der Waals surface area contributed by atoms with Crippen LogP contribution in [0.3, 0.4) is 0 Å². The van der Waals surface area contributed by atoms with E-state index in [1.807, 2.05) is 0 Å². The number of methoxy groups -OCH3 is 1. The molecule has 33 heavy (non-hydrogen) atoms. The Kier molecular flexibility index (Phi) is 5.79. The van der Waals surface area contributed by atoms with Gasteiger partial charge in [-0.15, -0.1) is 0 Å². The average molecular weight is 448 g/mol. The molecule has 0 N–H and O–H groups in total. The Balaban J connectivity index is 1.26. The number of benzene rings is 1. The van der Waals surface area contributed by atoms with Gasteiger partial charge in [0.15, 0.2) is 0 Å². The number of piperidine rings is 3. The zero-order valence-electron chi connectivity index (χ0n) is 19.9. The highest BCUT2D eigenvalue weighted by atomic mass is 16.5. The Bertz CT molecular complexity index is 1060. The molecule has 3 fully saturated rings. The van der Waals surface area contributed by atoms with Crippen LogP contribution in [0.4, 0.5) is 0 Å². The van der Waals surface area contributed by atoms with Gasteiger partial charge in [-0.2, -0.15) is 0 Å². The lowest BCUT2D eigenvalue weighted by Gasteiger charge is -2.54. The van der Waals surface area contributed by atoms with Gasteiger partial charge < -0.3 is 14.2 Å². The molecule has 5 nitrogen and oxygen atoms in total. The fourth-order valence-corrected chi connectivity index (χ4v) is 7.36. The summed E-state index contributed by atoms with van der Waals surface area (Å²) >= 11 is 0. The lowest BCUT2D eigenvalue weighted by Crippen LogP contribution is -2.60. The van der Waals surface area contributed by atoms with Crippen LogP contribution in [0.2, 0.25) is 0 Å². The Morgan fingerprint density at radius 1 is 1.15 bits per heavy atom. The molecule has 0 spiro atoms. The van der Waals surface area contributed by atoms with Gasteiger partial charge in [0.25, 0.3) is 0 Å². The lowest BCUT2D eigenvalue weighted by molar-refractivity contribution is -0.135. The number of aromatic nitrogens is 1. The summed E-state index contributed by atoms with van der Waals surface area (Å²) in [5.74, 6) is 1.63. The lowest BCUT2D eigenvalue weighted by atomic mass is 9.68. The van der Waals surface area contributed by atoms with E-state index in [2.05, 4.69) is 50.9 Å². The molecule has 2 aromatic rings. The number of para-hydroxylation sites is 1. The summed E-state index contributed by atoms with van der Waals surface area (Å²) in [5.41, 5.74) is 3.92. The van der Waals surface area contributed by atoms with E-state index in [1.165, 1.54) is 56.1 Å². The Labute approximate surface area is 197 Å². The first-order valence-corrected chi connectivity index (χ1v) is 13.0. The van der Waals surface area contributed by atoms with E-state index in [4.69, 9.17) is 4.74 Å². The smallest absolute Gasteiger partial charge is 0.227 e. The molecule has 1 aliphatic carbocycles. The van der Waals surface area contributed by atoms with Gasteiger partial charge in [-0.1, -0.05) is 36.3 Å². The Morgan fingerprint density at radius 2 is 2.06 bits per heavy atom. The number of carbonyl (C=O) groups excluding carboxylic acids is 1. The van der Waals surface area contributed by atoms with Gasteiger partial charge in [-0.25, -0.2) is 0 Å². The molecule has 3 aliphatic heterocycles. The number of carbonyl (C=O) groups is 1. The van der Waals surface area contributed by atoms with Crippen molar-refractivity contribution in [2.75, 3.05) is 33.4 Å². The maximum Gasteiger partial charge on any atom is 0.227 e. The summed E-state index contributed by atoms with van der Waals surface area (Å²) in [6, 6.07) is 9.55. The highest BCUT2D eigenvalue weighted by Gasteiger charge is 2.46. The minimum Gasteiger partial charge on any atom is -0.383 e. The van der Waals surface area contributed by atoms with Crippen LogP contribution in [-0.4, -0.2) is 65.7 Å². The normalized spacial score (nSPS) is 29.5. The molecule has 5 heteroatoms. The number of ether oxygens (including phenoxy) is 1. The molecular weight excluding hydrogens is 410 g/mol. The summed E-state index contributed by atoms with van der Waals surface area (Å²) in [6.45, 7) is 4.83. The minimum absolute atomic E-state index is 0.305. The summed E-state index contributed by atoms with van der Waals surface area (Å²) in [5, 5.41) is 1.20. The average Bonchev–Trinajstić information content (AvgIpc) is 3.19. The molecule has 0 saturated carbocycles. The van der Waals surface area contributed by atoms with Crippen molar-refractivity contribution in [3.8, 4) is 0 Å². The van der Waals surface area contributed by atoms with Crippen molar-refractivity contribution in [2.24, 2.45) is 11.8 Å². The predicted octanol–water partition coefficient (Wildman–Crippen LogP) is 4.25. The van der Waals surface area contributed by atoms with Gasteiger partial charge in [0, 0.05) is 49.9 Å². The quantitative estimate of drug-likeness (QED) is 0.643. The van der Waals surface area contributed by atoms with Gasteiger partial charge >= 0.3 is 0 Å². The van der Waals surface area contributed by atoms with Crippen molar-refractivity contribution in [3.63, 3.8) is 0 Å². The van der Waals surface area contributed by atoms with Crippen LogP contribution in [0, 0.1) is 11.8 Å². The maximum atomic E-state index is 13.8. The fraction of sp³-hybridized carbons (Fsp3) is 0.607. The molecule has 176 valence electrons. The standard InChI is InChI=1S/C28H37N3O2/c1-33-14-13-30-18-22(24-8-2-3-10-26(24)30)17-27(32)31-12-6-7-20-15-21-16-23(28(20)31)19-29-11-5-4-9-25(21)29/h2-3,8,10,15,18,21,23,25,28H,4-7,9,11-14,16-17,19H2,1H3/t21-,23+,25-,28+/m0/s1. The van der Waals surface area contributed by atoms with E-state index in [1.54, 1.807) is 12.7 Å². The summed E-state index contributed by atoms with van der Waals surface area (Å²) in [4.78, 5) is 18.8. The van der Waals surface area contributed by atoms with Crippen molar-refractivity contribution in [1.29, 1.82) is 0 Å². The topological polar surface area (TPSA) is 37.7 Å². The highest BCUT2D eigenvalue weighted by Crippen LogP contribution is 2.45. The van der Waals surface area contributed by atoms with Crippen LogP contribution in [-0.2, 0) is 22.5 Å². The first-order chi connectivity index (χ1) is 16.2. The van der Waals surface area contributed by atoms with Crippen LogP contribution >= 0.6 is 0 Å². The van der Waals surface area contributed by atoms with Gasteiger partial charge in [0.05, 0.1) is 19.1 Å². The molecule has 1 amide bonds. The molecule has 2 bridgehead atoms. The summed E-state index contributed by atoms with van der Waals surface area (Å²) in [6.07, 6.45) is 12.9. The van der Waals surface area contributed by atoms with Crippen LogP contribution < -0.4 is 0 Å². The van der Waals surface area contributed by atoms with Gasteiger partial charge in [-0.05, 0) is 62.1 Å².